The van der Waals surface area contributed by atoms with Crippen LogP contribution in [0, 0.1) is 5.92 Å². The van der Waals surface area contributed by atoms with Crippen molar-refractivity contribution in [3.63, 3.8) is 0 Å². The van der Waals surface area contributed by atoms with Crippen LogP contribution in [0.2, 0.25) is 0 Å². The molecule has 1 aromatic carbocycles. The standard InChI is InChI=1S/C15H20BrN3O2.ClH/c1-10(2)14(20)18-5-7-19(8-6-18)15(21)12-4-3-11(16)9-13(12)17;/h3-4,9-10H,5-8,17H2,1-2H3;1H. The van der Waals surface area contributed by atoms with Crippen molar-refractivity contribution in [3.8, 4) is 0 Å². The van der Waals surface area contributed by atoms with E-state index in [4.69, 9.17) is 5.73 Å². The lowest BCUT2D eigenvalue weighted by atomic mass is 10.1. The van der Waals surface area contributed by atoms with Crippen LogP contribution in [-0.4, -0.2) is 47.8 Å². The highest BCUT2D eigenvalue weighted by Crippen LogP contribution is 2.20. The fourth-order valence-electron chi connectivity index (χ4n) is 2.39. The van der Waals surface area contributed by atoms with Crippen molar-refractivity contribution < 1.29 is 9.59 Å². The van der Waals surface area contributed by atoms with E-state index in [9.17, 15) is 9.59 Å². The van der Waals surface area contributed by atoms with Gasteiger partial charge in [-0.15, -0.1) is 12.4 Å². The molecule has 0 aromatic heterocycles. The number of nitrogens with two attached hydrogens (primary N) is 1. The molecule has 7 heteroatoms. The summed E-state index contributed by atoms with van der Waals surface area (Å²) in [4.78, 5) is 28.0. The molecule has 1 fully saturated rings. The van der Waals surface area contributed by atoms with Gasteiger partial charge in [0.2, 0.25) is 5.91 Å². The van der Waals surface area contributed by atoms with Crippen molar-refractivity contribution in [1.29, 1.82) is 0 Å². The van der Waals surface area contributed by atoms with Crippen LogP contribution >= 0.6 is 28.3 Å². The summed E-state index contributed by atoms with van der Waals surface area (Å²) in [5.41, 5.74) is 6.89. The third-order valence-corrected chi connectivity index (χ3v) is 4.11. The number of halogens is 2. The number of nitrogens with zero attached hydrogens (tertiary/aromatic N) is 2. The normalized spacial score (nSPS) is 14.7. The van der Waals surface area contributed by atoms with E-state index in [0.29, 0.717) is 37.4 Å². The summed E-state index contributed by atoms with van der Waals surface area (Å²) in [5.74, 6) is 0.0660. The van der Waals surface area contributed by atoms with E-state index in [1.54, 1.807) is 17.0 Å². The molecule has 2 rings (SSSR count). The Morgan fingerprint density at radius 3 is 2.18 bits per heavy atom. The predicted octanol–water partition coefficient (Wildman–Crippen LogP) is 2.39. The summed E-state index contributed by atoms with van der Waals surface area (Å²) < 4.78 is 0.851. The van der Waals surface area contributed by atoms with Crippen molar-refractivity contribution in [2.24, 2.45) is 5.92 Å². The van der Waals surface area contributed by atoms with Crippen LogP contribution in [0.5, 0.6) is 0 Å². The lowest BCUT2D eigenvalue weighted by molar-refractivity contribution is -0.135. The lowest BCUT2D eigenvalue weighted by Gasteiger charge is -2.35. The summed E-state index contributed by atoms with van der Waals surface area (Å²) in [6.45, 7) is 6.04. The van der Waals surface area contributed by atoms with Crippen LogP contribution in [0.4, 0.5) is 5.69 Å². The highest BCUT2D eigenvalue weighted by atomic mass is 79.9. The molecule has 1 heterocycles. The first-order chi connectivity index (χ1) is 9.90. The third kappa shape index (κ3) is 4.14. The molecule has 5 nitrogen and oxygen atoms in total. The summed E-state index contributed by atoms with van der Waals surface area (Å²) in [7, 11) is 0. The molecule has 0 unspecified atom stereocenters. The van der Waals surface area contributed by atoms with E-state index >= 15 is 0 Å². The van der Waals surface area contributed by atoms with Crippen LogP contribution < -0.4 is 5.73 Å². The molecule has 122 valence electrons. The topological polar surface area (TPSA) is 66.6 Å². The van der Waals surface area contributed by atoms with E-state index in [0.717, 1.165) is 4.47 Å². The maximum atomic E-state index is 12.5. The number of carbonyl (C=O) groups excluding carboxylic acids is 2. The highest BCUT2D eigenvalue weighted by molar-refractivity contribution is 9.10. The molecule has 0 bridgehead atoms. The predicted molar refractivity (Wildman–Crippen MR) is 93.1 cm³/mol. The smallest absolute Gasteiger partial charge is 0.256 e. The SMILES string of the molecule is CC(C)C(=O)N1CCN(C(=O)c2ccc(Br)cc2N)CC1.Cl. The van der Waals surface area contributed by atoms with E-state index in [1.165, 1.54) is 0 Å². The Morgan fingerprint density at radius 1 is 1.14 bits per heavy atom. The molecule has 1 saturated heterocycles. The van der Waals surface area contributed by atoms with Gasteiger partial charge in [0.15, 0.2) is 0 Å². The number of piperazine rings is 1. The first-order valence-electron chi connectivity index (χ1n) is 7.03. The Balaban J connectivity index is 0.00000242. The summed E-state index contributed by atoms with van der Waals surface area (Å²) in [6, 6.07) is 5.27. The number of amides is 2. The monoisotopic (exact) mass is 389 g/mol. The number of nitrogen functional groups attached to an aromatic ring is 1. The zero-order valence-corrected chi connectivity index (χ0v) is 15.1. The number of hydrogen-bond acceptors (Lipinski definition) is 3. The second-order valence-electron chi connectivity index (χ2n) is 5.50. The average Bonchev–Trinajstić information content (AvgIpc) is 2.46. The van der Waals surface area contributed by atoms with Crippen LogP contribution in [0.15, 0.2) is 22.7 Å². The van der Waals surface area contributed by atoms with Crippen LogP contribution in [-0.2, 0) is 4.79 Å². The molecule has 1 aliphatic heterocycles. The molecule has 0 atom stereocenters. The van der Waals surface area contributed by atoms with E-state index in [-0.39, 0.29) is 30.1 Å². The van der Waals surface area contributed by atoms with Gasteiger partial charge in [-0.3, -0.25) is 9.59 Å². The summed E-state index contributed by atoms with van der Waals surface area (Å²) >= 11 is 3.33. The van der Waals surface area contributed by atoms with Crippen molar-refractivity contribution in [2.75, 3.05) is 31.9 Å². The lowest BCUT2D eigenvalue weighted by Crippen LogP contribution is -2.51. The van der Waals surface area contributed by atoms with Gasteiger partial charge in [-0.1, -0.05) is 29.8 Å². The van der Waals surface area contributed by atoms with Crippen molar-refractivity contribution in [3.05, 3.63) is 28.2 Å². The van der Waals surface area contributed by atoms with Gasteiger partial charge in [-0.2, -0.15) is 0 Å². The minimum absolute atomic E-state index is 0. The maximum Gasteiger partial charge on any atom is 0.256 e. The van der Waals surface area contributed by atoms with Gasteiger partial charge in [-0.25, -0.2) is 0 Å². The van der Waals surface area contributed by atoms with Crippen molar-refractivity contribution >= 4 is 45.8 Å². The number of anilines is 1. The highest BCUT2D eigenvalue weighted by Gasteiger charge is 2.26. The Labute approximate surface area is 145 Å². The fraction of sp³-hybridized carbons (Fsp3) is 0.467. The van der Waals surface area contributed by atoms with Gasteiger partial charge in [0, 0.05) is 42.3 Å². The number of hydrogen-bond donors (Lipinski definition) is 1. The first kappa shape index (κ1) is 18.8. The van der Waals surface area contributed by atoms with E-state index < -0.39 is 0 Å². The Bertz CT molecular complexity index is 558. The van der Waals surface area contributed by atoms with Gasteiger partial charge < -0.3 is 15.5 Å². The Hall–Kier alpha value is -1.27. The molecule has 2 N–H and O–H groups in total. The van der Waals surface area contributed by atoms with Gasteiger partial charge in [0.25, 0.3) is 5.91 Å². The zero-order chi connectivity index (χ0) is 15.6. The zero-order valence-electron chi connectivity index (χ0n) is 12.7. The number of benzene rings is 1. The second kappa shape index (κ2) is 7.83. The van der Waals surface area contributed by atoms with Crippen LogP contribution in [0.25, 0.3) is 0 Å². The molecular formula is C15H21BrClN3O2. The average molecular weight is 391 g/mol. The Kier molecular flexibility index (Phi) is 6.68. The number of carbonyl (C=O) groups is 2. The van der Waals surface area contributed by atoms with Gasteiger partial charge in [-0.05, 0) is 18.2 Å². The molecule has 0 spiro atoms. The molecule has 22 heavy (non-hydrogen) atoms. The molecule has 0 aliphatic carbocycles. The summed E-state index contributed by atoms with van der Waals surface area (Å²) in [6.07, 6.45) is 0. The molecule has 1 aromatic rings. The minimum atomic E-state index is -0.0726. The summed E-state index contributed by atoms with van der Waals surface area (Å²) in [5, 5.41) is 0. The van der Waals surface area contributed by atoms with Crippen LogP contribution in [0.3, 0.4) is 0 Å². The van der Waals surface area contributed by atoms with Crippen LogP contribution in [0.1, 0.15) is 24.2 Å². The second-order valence-corrected chi connectivity index (χ2v) is 6.42. The molecular weight excluding hydrogens is 370 g/mol. The van der Waals surface area contributed by atoms with Crippen molar-refractivity contribution in [1.82, 2.24) is 9.80 Å². The van der Waals surface area contributed by atoms with Gasteiger partial charge in [0.1, 0.15) is 0 Å². The molecule has 1 aliphatic rings. The maximum absolute atomic E-state index is 12.5. The quantitative estimate of drug-likeness (QED) is 0.789. The van der Waals surface area contributed by atoms with Gasteiger partial charge >= 0.3 is 0 Å². The Morgan fingerprint density at radius 2 is 1.68 bits per heavy atom. The van der Waals surface area contributed by atoms with E-state index in [1.807, 2.05) is 24.8 Å². The minimum Gasteiger partial charge on any atom is -0.398 e. The van der Waals surface area contributed by atoms with Gasteiger partial charge in [0.05, 0.1) is 5.56 Å². The largest absolute Gasteiger partial charge is 0.398 e. The van der Waals surface area contributed by atoms with Crippen molar-refractivity contribution in [2.45, 2.75) is 13.8 Å². The first-order valence-corrected chi connectivity index (χ1v) is 7.82. The molecule has 0 radical (unpaired) electrons. The molecule has 0 saturated carbocycles. The third-order valence-electron chi connectivity index (χ3n) is 3.62. The molecule has 2 amide bonds. The number of rotatable bonds is 2. The van der Waals surface area contributed by atoms with E-state index in [2.05, 4.69) is 15.9 Å². The fourth-order valence-corrected chi connectivity index (χ4v) is 2.77.